The standard InChI is InChI=1S/C22H20Cl2N4O3/c1-2-9-28(12-19(29)25-16-8-7-13(23)10-15(16)24)11-18-26-20-14-5-3-4-6-17(14)31-21(20)22(30)27-18/h3-8,10H,2,9,11-12H2,1H3,(H,25,29)(H,26,27,30). The Hall–Kier alpha value is -2.87. The second kappa shape index (κ2) is 9.09. The second-order valence-electron chi connectivity index (χ2n) is 7.17. The Balaban J connectivity index is 1.55. The number of carbonyl (C=O) groups is 1. The molecule has 2 heterocycles. The van der Waals surface area contributed by atoms with Crippen molar-refractivity contribution in [1.29, 1.82) is 0 Å². The minimum absolute atomic E-state index is 0.112. The number of amides is 1. The maximum Gasteiger partial charge on any atom is 0.294 e. The Morgan fingerprint density at radius 1 is 1.23 bits per heavy atom. The van der Waals surface area contributed by atoms with Crippen molar-refractivity contribution in [3.8, 4) is 0 Å². The predicted octanol–water partition coefficient (Wildman–Crippen LogP) is 4.83. The molecule has 2 aromatic heterocycles. The average molecular weight is 459 g/mol. The van der Waals surface area contributed by atoms with Crippen LogP contribution in [-0.2, 0) is 11.3 Å². The van der Waals surface area contributed by atoms with Gasteiger partial charge in [0.25, 0.3) is 5.56 Å². The molecule has 2 aromatic carbocycles. The number of aromatic amines is 1. The van der Waals surface area contributed by atoms with E-state index in [-0.39, 0.29) is 23.6 Å². The molecule has 9 heteroatoms. The highest BCUT2D eigenvalue weighted by molar-refractivity contribution is 6.36. The molecule has 4 rings (SSSR count). The summed E-state index contributed by atoms with van der Waals surface area (Å²) in [4.78, 5) is 34.4. The van der Waals surface area contributed by atoms with Crippen LogP contribution in [0.5, 0.6) is 0 Å². The van der Waals surface area contributed by atoms with Crippen molar-refractivity contribution in [2.45, 2.75) is 19.9 Å². The summed E-state index contributed by atoms with van der Waals surface area (Å²) in [5.74, 6) is 0.240. The van der Waals surface area contributed by atoms with Crippen molar-refractivity contribution < 1.29 is 9.21 Å². The van der Waals surface area contributed by atoms with Crippen LogP contribution in [0, 0.1) is 0 Å². The number of carbonyl (C=O) groups excluding carboxylic acids is 1. The lowest BCUT2D eigenvalue weighted by molar-refractivity contribution is -0.117. The van der Waals surface area contributed by atoms with E-state index < -0.39 is 0 Å². The number of para-hydroxylation sites is 1. The normalized spacial score (nSPS) is 11.5. The summed E-state index contributed by atoms with van der Waals surface area (Å²) in [6.07, 6.45) is 0.829. The molecule has 31 heavy (non-hydrogen) atoms. The number of furan rings is 1. The molecule has 0 saturated heterocycles. The number of anilines is 1. The SMILES string of the molecule is CCCN(CC(=O)Nc1ccc(Cl)cc1Cl)Cc1nc2c(oc3ccccc32)c(=O)[nH]1. The van der Waals surface area contributed by atoms with E-state index >= 15 is 0 Å². The molecule has 0 radical (unpaired) electrons. The highest BCUT2D eigenvalue weighted by atomic mass is 35.5. The molecule has 0 saturated carbocycles. The van der Waals surface area contributed by atoms with Crippen molar-refractivity contribution >= 4 is 56.9 Å². The van der Waals surface area contributed by atoms with Gasteiger partial charge in [-0.15, -0.1) is 0 Å². The number of H-pyrrole nitrogens is 1. The molecule has 2 N–H and O–H groups in total. The maximum atomic E-state index is 12.6. The van der Waals surface area contributed by atoms with E-state index in [2.05, 4.69) is 15.3 Å². The molecule has 7 nitrogen and oxygen atoms in total. The van der Waals surface area contributed by atoms with Gasteiger partial charge in [0.15, 0.2) is 0 Å². The topological polar surface area (TPSA) is 91.2 Å². The highest BCUT2D eigenvalue weighted by Crippen LogP contribution is 2.26. The monoisotopic (exact) mass is 458 g/mol. The lowest BCUT2D eigenvalue weighted by Crippen LogP contribution is -2.34. The molecule has 0 aliphatic carbocycles. The fourth-order valence-corrected chi connectivity index (χ4v) is 3.90. The van der Waals surface area contributed by atoms with Crippen LogP contribution in [-0.4, -0.2) is 33.9 Å². The van der Waals surface area contributed by atoms with Gasteiger partial charge in [0.2, 0.25) is 11.5 Å². The maximum absolute atomic E-state index is 12.6. The summed E-state index contributed by atoms with van der Waals surface area (Å²) in [5, 5.41) is 4.43. The van der Waals surface area contributed by atoms with Crippen LogP contribution in [0.25, 0.3) is 22.1 Å². The molecule has 160 valence electrons. The van der Waals surface area contributed by atoms with Gasteiger partial charge in [-0.25, -0.2) is 4.98 Å². The van der Waals surface area contributed by atoms with E-state index in [1.54, 1.807) is 24.3 Å². The first kappa shape index (κ1) is 21.4. The Kier molecular flexibility index (Phi) is 6.27. The van der Waals surface area contributed by atoms with Gasteiger partial charge in [-0.1, -0.05) is 42.3 Å². The minimum atomic E-state index is -0.343. The number of fused-ring (bicyclic) bond motifs is 3. The third kappa shape index (κ3) is 4.74. The number of aromatic nitrogens is 2. The molecule has 0 fully saturated rings. The Morgan fingerprint density at radius 3 is 2.81 bits per heavy atom. The van der Waals surface area contributed by atoms with Crippen LogP contribution in [0.1, 0.15) is 19.2 Å². The smallest absolute Gasteiger partial charge is 0.294 e. The van der Waals surface area contributed by atoms with Gasteiger partial charge in [-0.3, -0.25) is 14.5 Å². The minimum Gasteiger partial charge on any atom is -0.449 e. The molecule has 1 amide bonds. The Bertz CT molecular complexity index is 1320. The van der Waals surface area contributed by atoms with Crippen LogP contribution in [0.3, 0.4) is 0 Å². The summed E-state index contributed by atoms with van der Waals surface area (Å²) in [6, 6.07) is 12.3. The summed E-state index contributed by atoms with van der Waals surface area (Å²) in [7, 11) is 0. The molecule has 0 aliphatic heterocycles. The number of hydrogen-bond donors (Lipinski definition) is 2. The first-order valence-electron chi connectivity index (χ1n) is 9.82. The van der Waals surface area contributed by atoms with E-state index in [0.717, 1.165) is 11.8 Å². The zero-order valence-corrected chi connectivity index (χ0v) is 18.3. The third-order valence-corrected chi connectivity index (χ3v) is 5.31. The Labute approximate surface area is 188 Å². The van der Waals surface area contributed by atoms with Gasteiger partial charge in [0.05, 0.1) is 23.8 Å². The first-order chi connectivity index (χ1) is 14.9. The molecular formula is C22H20Cl2N4O3. The molecule has 0 bridgehead atoms. The van der Waals surface area contributed by atoms with Crippen molar-refractivity contribution in [1.82, 2.24) is 14.9 Å². The van der Waals surface area contributed by atoms with Gasteiger partial charge in [-0.05, 0) is 43.3 Å². The van der Waals surface area contributed by atoms with Gasteiger partial charge < -0.3 is 14.7 Å². The zero-order chi connectivity index (χ0) is 22.0. The average Bonchev–Trinajstić information content (AvgIpc) is 3.10. The van der Waals surface area contributed by atoms with Crippen LogP contribution < -0.4 is 10.9 Å². The van der Waals surface area contributed by atoms with Crippen molar-refractivity contribution in [3.63, 3.8) is 0 Å². The third-order valence-electron chi connectivity index (χ3n) is 4.77. The van der Waals surface area contributed by atoms with Crippen LogP contribution >= 0.6 is 23.2 Å². The summed E-state index contributed by atoms with van der Waals surface area (Å²) < 4.78 is 5.64. The fourth-order valence-electron chi connectivity index (χ4n) is 3.45. The molecule has 4 aromatic rings. The molecular weight excluding hydrogens is 439 g/mol. The van der Waals surface area contributed by atoms with Crippen molar-refractivity contribution in [3.05, 3.63) is 68.7 Å². The lowest BCUT2D eigenvalue weighted by Gasteiger charge is -2.20. The van der Waals surface area contributed by atoms with Gasteiger partial charge in [0.1, 0.15) is 16.9 Å². The van der Waals surface area contributed by atoms with Crippen molar-refractivity contribution in [2.75, 3.05) is 18.4 Å². The van der Waals surface area contributed by atoms with Crippen LogP contribution in [0.2, 0.25) is 10.0 Å². The fraction of sp³-hybridized carbons (Fsp3) is 0.227. The second-order valence-corrected chi connectivity index (χ2v) is 8.02. The quantitative estimate of drug-likeness (QED) is 0.413. The Morgan fingerprint density at radius 2 is 2.03 bits per heavy atom. The first-order valence-corrected chi connectivity index (χ1v) is 10.6. The zero-order valence-electron chi connectivity index (χ0n) is 16.7. The molecule has 0 atom stereocenters. The molecule has 0 spiro atoms. The van der Waals surface area contributed by atoms with E-state index in [1.165, 1.54) is 0 Å². The largest absolute Gasteiger partial charge is 0.449 e. The predicted molar refractivity (Wildman–Crippen MR) is 123 cm³/mol. The number of halogens is 2. The van der Waals surface area contributed by atoms with Gasteiger partial charge in [-0.2, -0.15) is 0 Å². The van der Waals surface area contributed by atoms with E-state index in [0.29, 0.717) is 45.7 Å². The highest BCUT2D eigenvalue weighted by Gasteiger charge is 2.17. The van der Waals surface area contributed by atoms with Crippen molar-refractivity contribution in [2.24, 2.45) is 0 Å². The summed E-state index contributed by atoms with van der Waals surface area (Å²) >= 11 is 12.0. The molecule has 0 aliphatic rings. The van der Waals surface area contributed by atoms with Gasteiger partial charge >= 0.3 is 0 Å². The summed E-state index contributed by atoms with van der Waals surface area (Å²) in [5.41, 5.74) is 1.47. The van der Waals surface area contributed by atoms with Crippen LogP contribution in [0.4, 0.5) is 5.69 Å². The molecule has 0 unspecified atom stereocenters. The lowest BCUT2D eigenvalue weighted by atomic mass is 10.2. The number of rotatable bonds is 7. The van der Waals surface area contributed by atoms with E-state index in [9.17, 15) is 9.59 Å². The number of nitrogens with zero attached hydrogens (tertiary/aromatic N) is 2. The van der Waals surface area contributed by atoms with E-state index in [1.807, 2.05) is 30.0 Å². The van der Waals surface area contributed by atoms with Crippen LogP contribution in [0.15, 0.2) is 51.7 Å². The number of benzene rings is 2. The number of hydrogen-bond acceptors (Lipinski definition) is 5. The van der Waals surface area contributed by atoms with E-state index in [4.69, 9.17) is 27.6 Å². The summed E-state index contributed by atoms with van der Waals surface area (Å²) in [6.45, 7) is 3.08. The van der Waals surface area contributed by atoms with Gasteiger partial charge in [0, 0.05) is 10.4 Å². The number of nitrogens with one attached hydrogen (secondary N) is 2.